The van der Waals surface area contributed by atoms with Gasteiger partial charge >= 0.3 is 0 Å². The molecular formula is C13H14FN3O2S. The van der Waals surface area contributed by atoms with E-state index in [1.54, 1.807) is 4.57 Å². The molecule has 5 nitrogen and oxygen atoms in total. The van der Waals surface area contributed by atoms with Crippen LogP contribution < -0.4 is 16.0 Å². The van der Waals surface area contributed by atoms with Crippen LogP contribution in [-0.4, -0.2) is 23.2 Å². The SMILES string of the molecule is COc1ccc(F)cc1-c1cc(=O)[nH]c(=S)n1CCN. The van der Waals surface area contributed by atoms with Crippen LogP contribution in [-0.2, 0) is 6.54 Å². The maximum absolute atomic E-state index is 13.5. The number of methoxy groups -OCH3 is 1. The Balaban J connectivity index is 2.77. The minimum Gasteiger partial charge on any atom is -0.496 e. The Bertz CT molecular complexity index is 739. The second kappa shape index (κ2) is 5.98. The van der Waals surface area contributed by atoms with Gasteiger partial charge < -0.3 is 15.0 Å². The molecule has 0 saturated heterocycles. The van der Waals surface area contributed by atoms with Crippen LogP contribution in [0.15, 0.2) is 29.1 Å². The number of rotatable bonds is 4. The first kappa shape index (κ1) is 14.4. The third-order valence-corrected chi connectivity index (χ3v) is 3.15. The van der Waals surface area contributed by atoms with Gasteiger partial charge in [0, 0.05) is 24.7 Å². The van der Waals surface area contributed by atoms with E-state index in [4.69, 9.17) is 22.7 Å². The molecule has 0 unspecified atom stereocenters. The molecule has 7 heteroatoms. The molecule has 0 bridgehead atoms. The molecular weight excluding hydrogens is 281 g/mol. The molecule has 0 aliphatic heterocycles. The van der Waals surface area contributed by atoms with Gasteiger partial charge in [0.1, 0.15) is 11.6 Å². The van der Waals surface area contributed by atoms with Crippen LogP contribution in [0.3, 0.4) is 0 Å². The second-order valence-corrected chi connectivity index (χ2v) is 4.50. The first-order chi connectivity index (χ1) is 9.56. The van der Waals surface area contributed by atoms with Crippen molar-refractivity contribution in [1.29, 1.82) is 0 Å². The maximum atomic E-state index is 13.5. The Hall–Kier alpha value is -1.99. The minimum atomic E-state index is -0.425. The molecule has 0 atom stereocenters. The van der Waals surface area contributed by atoms with Crippen LogP contribution in [0.2, 0.25) is 0 Å². The molecule has 106 valence electrons. The third-order valence-electron chi connectivity index (χ3n) is 2.82. The normalized spacial score (nSPS) is 10.6. The fourth-order valence-electron chi connectivity index (χ4n) is 1.98. The van der Waals surface area contributed by atoms with Gasteiger partial charge in [0.05, 0.1) is 12.8 Å². The van der Waals surface area contributed by atoms with E-state index in [0.29, 0.717) is 30.1 Å². The van der Waals surface area contributed by atoms with Crippen molar-refractivity contribution in [2.75, 3.05) is 13.7 Å². The highest BCUT2D eigenvalue weighted by Crippen LogP contribution is 2.29. The van der Waals surface area contributed by atoms with Crippen LogP contribution in [0.25, 0.3) is 11.3 Å². The molecule has 3 N–H and O–H groups in total. The van der Waals surface area contributed by atoms with E-state index in [9.17, 15) is 9.18 Å². The lowest BCUT2D eigenvalue weighted by Gasteiger charge is -2.15. The maximum Gasteiger partial charge on any atom is 0.252 e. The van der Waals surface area contributed by atoms with E-state index in [2.05, 4.69) is 4.98 Å². The van der Waals surface area contributed by atoms with E-state index >= 15 is 0 Å². The summed E-state index contributed by atoms with van der Waals surface area (Å²) in [5, 5.41) is 0. The number of hydrogen-bond donors (Lipinski definition) is 2. The van der Waals surface area contributed by atoms with Gasteiger partial charge in [0.2, 0.25) is 0 Å². The van der Waals surface area contributed by atoms with Crippen molar-refractivity contribution in [2.45, 2.75) is 6.54 Å². The zero-order chi connectivity index (χ0) is 14.7. The van der Waals surface area contributed by atoms with E-state index < -0.39 is 5.82 Å². The smallest absolute Gasteiger partial charge is 0.252 e. The number of ether oxygens (including phenoxy) is 1. The van der Waals surface area contributed by atoms with E-state index in [0.717, 1.165) is 0 Å². The Morgan fingerprint density at radius 3 is 2.85 bits per heavy atom. The molecule has 0 amide bonds. The highest BCUT2D eigenvalue weighted by Gasteiger charge is 2.12. The van der Waals surface area contributed by atoms with Gasteiger partial charge in [-0.15, -0.1) is 0 Å². The first-order valence-electron chi connectivity index (χ1n) is 5.95. The number of H-pyrrole nitrogens is 1. The molecule has 0 fully saturated rings. The van der Waals surface area contributed by atoms with Gasteiger partial charge in [-0.25, -0.2) is 4.39 Å². The fraction of sp³-hybridized carbons (Fsp3) is 0.231. The average Bonchev–Trinajstić information content (AvgIpc) is 2.41. The summed E-state index contributed by atoms with van der Waals surface area (Å²) in [6.45, 7) is 0.746. The van der Waals surface area contributed by atoms with Gasteiger partial charge in [-0.3, -0.25) is 9.78 Å². The minimum absolute atomic E-state index is 0.240. The van der Waals surface area contributed by atoms with Crippen LogP contribution in [0.5, 0.6) is 5.75 Å². The monoisotopic (exact) mass is 295 g/mol. The lowest BCUT2D eigenvalue weighted by atomic mass is 10.1. The van der Waals surface area contributed by atoms with Crippen LogP contribution in [0.1, 0.15) is 0 Å². The second-order valence-electron chi connectivity index (χ2n) is 4.11. The van der Waals surface area contributed by atoms with Crippen molar-refractivity contribution in [3.05, 3.63) is 45.2 Å². The van der Waals surface area contributed by atoms with Crippen LogP contribution in [0.4, 0.5) is 4.39 Å². The first-order valence-corrected chi connectivity index (χ1v) is 6.35. The number of benzene rings is 1. The summed E-state index contributed by atoms with van der Waals surface area (Å²) < 4.78 is 20.6. The Morgan fingerprint density at radius 1 is 1.45 bits per heavy atom. The lowest BCUT2D eigenvalue weighted by Crippen LogP contribution is -2.19. The van der Waals surface area contributed by atoms with Crippen molar-refractivity contribution in [3.8, 4) is 17.0 Å². The molecule has 0 aliphatic rings. The molecule has 1 aromatic heterocycles. The zero-order valence-electron chi connectivity index (χ0n) is 10.9. The average molecular weight is 295 g/mol. The van der Waals surface area contributed by atoms with Crippen molar-refractivity contribution in [3.63, 3.8) is 0 Å². The molecule has 1 heterocycles. The highest BCUT2D eigenvalue weighted by atomic mass is 32.1. The van der Waals surface area contributed by atoms with Gasteiger partial charge in [-0.1, -0.05) is 0 Å². The number of aromatic nitrogens is 2. The summed E-state index contributed by atoms with van der Waals surface area (Å²) in [4.78, 5) is 14.1. The van der Waals surface area contributed by atoms with Gasteiger partial charge in [0.25, 0.3) is 5.56 Å². The summed E-state index contributed by atoms with van der Waals surface area (Å²) in [6.07, 6.45) is 0. The van der Waals surface area contributed by atoms with Crippen molar-refractivity contribution >= 4 is 12.2 Å². The molecule has 0 saturated carbocycles. The number of nitrogens with two attached hydrogens (primary N) is 1. The molecule has 1 aromatic carbocycles. The fourth-order valence-corrected chi connectivity index (χ4v) is 2.27. The van der Waals surface area contributed by atoms with Crippen molar-refractivity contribution in [1.82, 2.24) is 9.55 Å². The summed E-state index contributed by atoms with van der Waals surface area (Å²) in [6, 6.07) is 5.44. The van der Waals surface area contributed by atoms with E-state index in [1.807, 2.05) is 0 Å². The van der Waals surface area contributed by atoms with E-state index in [1.165, 1.54) is 31.4 Å². The largest absolute Gasteiger partial charge is 0.496 e. The predicted octanol–water partition coefficient (Wildman–Crippen LogP) is 1.68. The molecule has 2 rings (SSSR count). The van der Waals surface area contributed by atoms with Crippen molar-refractivity contribution < 1.29 is 9.13 Å². The van der Waals surface area contributed by atoms with Gasteiger partial charge in [-0.2, -0.15) is 0 Å². The molecule has 0 radical (unpaired) electrons. The quantitative estimate of drug-likeness (QED) is 0.842. The Kier molecular flexibility index (Phi) is 4.31. The van der Waals surface area contributed by atoms with E-state index in [-0.39, 0.29) is 10.3 Å². The Morgan fingerprint density at radius 2 is 2.20 bits per heavy atom. The number of hydrogen-bond acceptors (Lipinski definition) is 4. The van der Waals surface area contributed by atoms with Crippen molar-refractivity contribution in [2.24, 2.45) is 5.73 Å². The molecule has 0 aliphatic carbocycles. The molecule has 20 heavy (non-hydrogen) atoms. The summed E-state index contributed by atoms with van der Waals surface area (Å²) in [5.74, 6) is 0.0310. The highest BCUT2D eigenvalue weighted by molar-refractivity contribution is 7.71. The summed E-state index contributed by atoms with van der Waals surface area (Å²) >= 11 is 5.12. The standard InChI is InChI=1S/C13H14FN3O2S/c1-19-11-3-2-8(14)6-9(11)10-7-12(18)16-13(20)17(10)5-4-15/h2-3,6-7H,4-5,15H2,1H3,(H,16,18,20). The number of nitrogens with zero attached hydrogens (tertiary/aromatic N) is 1. The number of aromatic amines is 1. The Labute approximate surface area is 119 Å². The summed E-state index contributed by atoms with van der Waals surface area (Å²) in [5.41, 5.74) is 6.12. The van der Waals surface area contributed by atoms with Gasteiger partial charge in [-0.05, 0) is 30.4 Å². The molecule has 2 aromatic rings. The van der Waals surface area contributed by atoms with Crippen LogP contribution in [0, 0.1) is 10.6 Å². The third kappa shape index (κ3) is 2.78. The number of nitrogens with one attached hydrogen (secondary N) is 1. The summed E-state index contributed by atoms with van der Waals surface area (Å²) in [7, 11) is 1.48. The lowest BCUT2D eigenvalue weighted by molar-refractivity contribution is 0.415. The number of halogens is 1. The molecule has 0 spiro atoms. The predicted molar refractivity (Wildman–Crippen MR) is 76.9 cm³/mol. The zero-order valence-corrected chi connectivity index (χ0v) is 11.7. The van der Waals surface area contributed by atoms with Gasteiger partial charge in [0.15, 0.2) is 4.77 Å². The topological polar surface area (TPSA) is 73.0 Å². The van der Waals surface area contributed by atoms with Crippen LogP contribution >= 0.6 is 12.2 Å².